The maximum atomic E-state index is 13.6. The highest BCUT2D eigenvalue weighted by atomic mass is 35.5. The largest absolute Gasteiger partial charge is 0.356 e. The highest BCUT2D eigenvalue weighted by molar-refractivity contribution is 6.31. The summed E-state index contributed by atoms with van der Waals surface area (Å²) in [6.45, 7) is 0.501. The van der Waals surface area contributed by atoms with Crippen molar-refractivity contribution in [2.45, 2.75) is 12.5 Å². The maximum absolute atomic E-state index is 13.6. The minimum atomic E-state index is -0.394. The van der Waals surface area contributed by atoms with Crippen molar-refractivity contribution in [3.8, 4) is 0 Å². The molecule has 0 fully saturated rings. The SMILES string of the molecule is O=C(Nc1cccc(Cl)c1)N1CCc2c([nH]c3ccc(Cl)cc23)C1c1ccc(F)cc1. The first kappa shape index (κ1) is 19.9. The number of hydrogen-bond acceptors (Lipinski definition) is 1. The number of hydrogen-bond donors (Lipinski definition) is 2. The Bertz CT molecular complexity index is 1290. The smallest absolute Gasteiger partial charge is 0.322 e. The van der Waals surface area contributed by atoms with E-state index in [1.807, 2.05) is 18.2 Å². The number of H-pyrrole nitrogens is 1. The zero-order chi connectivity index (χ0) is 21.5. The second-order valence-corrected chi connectivity index (χ2v) is 8.42. The van der Waals surface area contributed by atoms with Crippen molar-refractivity contribution in [3.63, 3.8) is 0 Å². The van der Waals surface area contributed by atoms with Crippen LogP contribution in [0.1, 0.15) is 22.9 Å². The average Bonchev–Trinajstić information content (AvgIpc) is 3.11. The molecule has 156 valence electrons. The topological polar surface area (TPSA) is 48.1 Å². The van der Waals surface area contributed by atoms with Gasteiger partial charge in [-0.2, -0.15) is 0 Å². The zero-order valence-corrected chi connectivity index (χ0v) is 17.8. The van der Waals surface area contributed by atoms with Crippen molar-refractivity contribution in [1.82, 2.24) is 9.88 Å². The normalized spacial score (nSPS) is 15.7. The van der Waals surface area contributed by atoms with Crippen molar-refractivity contribution in [1.29, 1.82) is 0 Å². The lowest BCUT2D eigenvalue weighted by Gasteiger charge is -2.36. The standard InChI is InChI=1S/C24H18Cl2FN3O/c25-15-2-1-3-18(12-15)28-24(31)30-11-10-19-20-13-16(26)6-9-21(20)29-22(19)23(30)14-4-7-17(27)8-5-14/h1-9,12-13,23,29H,10-11H2,(H,28,31). The molecule has 2 amide bonds. The number of aromatic amines is 1. The van der Waals surface area contributed by atoms with Crippen LogP contribution in [0, 0.1) is 5.82 Å². The highest BCUT2D eigenvalue weighted by Crippen LogP contribution is 2.39. The van der Waals surface area contributed by atoms with E-state index in [1.165, 1.54) is 12.1 Å². The Morgan fingerprint density at radius 3 is 2.58 bits per heavy atom. The molecule has 4 nitrogen and oxygen atoms in total. The molecule has 0 spiro atoms. The summed E-state index contributed by atoms with van der Waals surface area (Å²) in [5.41, 5.74) is 4.43. The third-order valence-electron chi connectivity index (χ3n) is 5.61. The number of fused-ring (bicyclic) bond motifs is 3. The number of halogens is 3. The van der Waals surface area contributed by atoms with Gasteiger partial charge in [-0.1, -0.05) is 41.4 Å². The fourth-order valence-corrected chi connectivity index (χ4v) is 4.60. The van der Waals surface area contributed by atoms with Crippen LogP contribution in [-0.4, -0.2) is 22.5 Å². The Morgan fingerprint density at radius 1 is 1.03 bits per heavy atom. The number of carbonyl (C=O) groups excluding carboxylic acids is 1. The summed E-state index contributed by atoms with van der Waals surface area (Å²) in [5, 5.41) is 5.18. The maximum Gasteiger partial charge on any atom is 0.322 e. The third kappa shape index (κ3) is 3.75. The lowest BCUT2D eigenvalue weighted by molar-refractivity contribution is 0.193. The molecule has 5 rings (SSSR count). The van der Waals surface area contributed by atoms with Gasteiger partial charge in [-0.25, -0.2) is 9.18 Å². The lowest BCUT2D eigenvalue weighted by Crippen LogP contribution is -2.43. The Hall–Kier alpha value is -3.02. The molecule has 1 unspecified atom stereocenters. The molecule has 1 aliphatic rings. The molecule has 2 heterocycles. The number of amides is 2. The van der Waals surface area contributed by atoms with Crippen molar-refractivity contribution in [3.05, 3.63) is 99.4 Å². The van der Waals surface area contributed by atoms with Gasteiger partial charge in [0.05, 0.1) is 6.04 Å². The summed E-state index contributed by atoms with van der Waals surface area (Å²) in [6.07, 6.45) is 0.677. The molecule has 1 aliphatic heterocycles. The number of nitrogens with one attached hydrogen (secondary N) is 2. The van der Waals surface area contributed by atoms with Gasteiger partial charge in [0.2, 0.25) is 0 Å². The van der Waals surface area contributed by atoms with Gasteiger partial charge in [-0.3, -0.25) is 0 Å². The molecule has 4 aromatic rings. The van der Waals surface area contributed by atoms with Crippen molar-refractivity contribution < 1.29 is 9.18 Å². The Labute approximate surface area is 188 Å². The Kier molecular flexibility index (Phi) is 5.08. The molecular weight excluding hydrogens is 436 g/mol. The molecule has 0 radical (unpaired) electrons. The van der Waals surface area contributed by atoms with Crippen LogP contribution in [0.25, 0.3) is 10.9 Å². The van der Waals surface area contributed by atoms with Crippen LogP contribution in [0.2, 0.25) is 10.0 Å². The van der Waals surface area contributed by atoms with E-state index in [0.29, 0.717) is 28.7 Å². The van der Waals surface area contributed by atoms with Crippen molar-refractivity contribution >= 4 is 45.8 Å². The summed E-state index contributed by atoms with van der Waals surface area (Å²) in [7, 11) is 0. The van der Waals surface area contributed by atoms with E-state index in [0.717, 1.165) is 27.7 Å². The average molecular weight is 454 g/mol. The van der Waals surface area contributed by atoms with Gasteiger partial charge < -0.3 is 15.2 Å². The van der Waals surface area contributed by atoms with Crippen LogP contribution in [-0.2, 0) is 6.42 Å². The Balaban J connectivity index is 1.59. The molecule has 0 aliphatic carbocycles. The van der Waals surface area contributed by atoms with Gasteiger partial charge in [0, 0.05) is 38.9 Å². The molecule has 1 atom stereocenters. The predicted octanol–water partition coefficient (Wildman–Crippen LogP) is 6.79. The van der Waals surface area contributed by atoms with Gasteiger partial charge in [0.15, 0.2) is 0 Å². The lowest BCUT2D eigenvalue weighted by atomic mass is 9.92. The van der Waals surface area contributed by atoms with Crippen LogP contribution in [0.15, 0.2) is 66.7 Å². The number of anilines is 1. The summed E-state index contributed by atoms with van der Waals surface area (Å²) >= 11 is 12.3. The third-order valence-corrected chi connectivity index (χ3v) is 6.08. The van der Waals surface area contributed by atoms with Gasteiger partial charge in [-0.15, -0.1) is 0 Å². The number of nitrogens with zero attached hydrogens (tertiary/aromatic N) is 1. The number of urea groups is 1. The molecule has 1 aromatic heterocycles. The summed E-state index contributed by atoms with van der Waals surface area (Å²) in [4.78, 5) is 18.5. The number of aromatic nitrogens is 1. The van der Waals surface area contributed by atoms with E-state index in [1.54, 1.807) is 41.3 Å². The number of rotatable bonds is 2. The monoisotopic (exact) mass is 453 g/mol. The second-order valence-electron chi connectivity index (χ2n) is 7.55. The van der Waals surface area contributed by atoms with E-state index in [9.17, 15) is 9.18 Å². The Morgan fingerprint density at radius 2 is 1.81 bits per heavy atom. The highest BCUT2D eigenvalue weighted by Gasteiger charge is 2.34. The van der Waals surface area contributed by atoms with Gasteiger partial charge >= 0.3 is 6.03 Å². The molecule has 7 heteroatoms. The fraction of sp³-hybridized carbons (Fsp3) is 0.125. The van der Waals surface area contributed by atoms with E-state index < -0.39 is 6.04 Å². The number of benzene rings is 3. The van der Waals surface area contributed by atoms with Crippen LogP contribution in [0.5, 0.6) is 0 Å². The van der Waals surface area contributed by atoms with Crippen LogP contribution < -0.4 is 5.32 Å². The minimum Gasteiger partial charge on any atom is -0.356 e. The van der Waals surface area contributed by atoms with Crippen LogP contribution >= 0.6 is 23.2 Å². The van der Waals surface area contributed by atoms with Gasteiger partial charge in [0.1, 0.15) is 5.82 Å². The molecule has 2 N–H and O–H groups in total. The predicted molar refractivity (Wildman–Crippen MR) is 122 cm³/mol. The van der Waals surface area contributed by atoms with Crippen molar-refractivity contribution in [2.75, 3.05) is 11.9 Å². The summed E-state index contributed by atoms with van der Waals surface area (Å²) in [6, 6.07) is 18.4. The van der Waals surface area contributed by atoms with Gasteiger partial charge in [-0.05, 0) is 66.1 Å². The molecule has 0 bridgehead atoms. The number of carbonyl (C=O) groups is 1. The first-order valence-electron chi connectivity index (χ1n) is 9.88. The van der Waals surface area contributed by atoms with Crippen molar-refractivity contribution in [2.24, 2.45) is 0 Å². The van der Waals surface area contributed by atoms with E-state index in [-0.39, 0.29) is 11.8 Å². The van der Waals surface area contributed by atoms with E-state index >= 15 is 0 Å². The quantitative estimate of drug-likeness (QED) is 0.344. The molecule has 0 saturated heterocycles. The molecule has 3 aromatic carbocycles. The molecular formula is C24H18Cl2FN3O. The first-order valence-corrected chi connectivity index (χ1v) is 10.6. The van der Waals surface area contributed by atoms with E-state index in [2.05, 4.69) is 10.3 Å². The van der Waals surface area contributed by atoms with E-state index in [4.69, 9.17) is 23.2 Å². The minimum absolute atomic E-state index is 0.251. The summed E-state index contributed by atoms with van der Waals surface area (Å²) in [5.74, 6) is -0.321. The molecule has 0 saturated carbocycles. The van der Waals surface area contributed by atoms with Gasteiger partial charge in [0.25, 0.3) is 0 Å². The summed E-state index contributed by atoms with van der Waals surface area (Å²) < 4.78 is 13.6. The molecule has 31 heavy (non-hydrogen) atoms. The second kappa shape index (κ2) is 7.91. The fourth-order valence-electron chi connectivity index (χ4n) is 4.23. The first-order chi connectivity index (χ1) is 15.0. The zero-order valence-electron chi connectivity index (χ0n) is 16.3. The van der Waals surface area contributed by atoms with Crippen LogP contribution in [0.3, 0.4) is 0 Å². The van der Waals surface area contributed by atoms with Crippen LogP contribution in [0.4, 0.5) is 14.9 Å².